The second-order valence-electron chi connectivity index (χ2n) is 7.09. The van der Waals surface area contributed by atoms with Gasteiger partial charge in [-0.05, 0) is 30.3 Å². The van der Waals surface area contributed by atoms with Crippen LogP contribution < -0.4 is 16.4 Å². The van der Waals surface area contributed by atoms with E-state index in [2.05, 4.69) is 46.6 Å². The van der Waals surface area contributed by atoms with Gasteiger partial charge in [-0.15, -0.1) is 11.3 Å². The van der Waals surface area contributed by atoms with Crippen LogP contribution in [-0.2, 0) is 17.5 Å². The van der Waals surface area contributed by atoms with Crippen molar-refractivity contribution >= 4 is 23.9 Å². The van der Waals surface area contributed by atoms with Crippen LogP contribution in [-0.4, -0.2) is 30.2 Å². The summed E-state index contributed by atoms with van der Waals surface area (Å²) in [5, 5.41) is 3.66. The van der Waals surface area contributed by atoms with Gasteiger partial charge in [0.2, 0.25) is 0 Å². The van der Waals surface area contributed by atoms with Gasteiger partial charge in [-0.1, -0.05) is 60.7 Å². The van der Waals surface area contributed by atoms with Gasteiger partial charge < -0.3 is 15.6 Å². The highest BCUT2D eigenvalue weighted by Crippen LogP contribution is 2.20. The molecule has 3 aromatic rings. The minimum atomic E-state index is -0.135. The van der Waals surface area contributed by atoms with E-state index in [4.69, 9.17) is 10.4 Å². The summed E-state index contributed by atoms with van der Waals surface area (Å²) in [5.74, 6) is 0. The predicted octanol–water partition coefficient (Wildman–Crippen LogP) is 2.40. The Morgan fingerprint density at radius 3 is 2.59 bits per heavy atom. The highest BCUT2D eigenvalue weighted by molar-refractivity contribution is 7.09. The fraction of sp³-hybridized carbons (Fsp3) is 0.286. The lowest BCUT2D eigenvalue weighted by atomic mass is 9.69. The van der Waals surface area contributed by atoms with Crippen LogP contribution in [0.15, 0.2) is 72.4 Å². The number of thiazole rings is 1. The first-order valence-corrected chi connectivity index (χ1v) is 10.3. The molecule has 2 heterocycles. The standard InChI is InChI=1S/C21H24BN3OS/c23-20(11-16-7-3-1-4-8-16)21-13-18(12-19-14-24-15-27-19)25-22(26-21)17-9-5-2-6-10-17/h1-10,14-15,18,20-21,25H,11-13,23H2/t18-,20?,21+/m1/s1. The zero-order valence-electron chi connectivity index (χ0n) is 15.2. The molecule has 138 valence electrons. The second kappa shape index (κ2) is 8.80. The molecule has 0 radical (unpaired) electrons. The molecule has 1 fully saturated rings. The Hall–Kier alpha value is -1.99. The van der Waals surface area contributed by atoms with Crippen LogP contribution >= 0.6 is 11.3 Å². The first kappa shape index (κ1) is 18.4. The number of hydrogen-bond acceptors (Lipinski definition) is 5. The average molecular weight is 377 g/mol. The molecule has 0 aliphatic carbocycles. The molecule has 3 N–H and O–H groups in total. The molecular formula is C21H24BN3OS. The summed E-state index contributed by atoms with van der Waals surface area (Å²) in [5.41, 5.74) is 10.9. The molecule has 0 amide bonds. The van der Waals surface area contributed by atoms with Crippen molar-refractivity contribution in [2.45, 2.75) is 37.5 Å². The number of aromatic nitrogens is 1. The summed E-state index contributed by atoms with van der Waals surface area (Å²) in [6.45, 7) is 0. The molecule has 27 heavy (non-hydrogen) atoms. The van der Waals surface area contributed by atoms with Gasteiger partial charge in [-0.2, -0.15) is 0 Å². The van der Waals surface area contributed by atoms with E-state index in [9.17, 15) is 0 Å². The number of nitrogens with one attached hydrogen (secondary N) is 1. The van der Waals surface area contributed by atoms with Crippen LogP contribution in [0.25, 0.3) is 0 Å². The minimum absolute atomic E-state index is 0.00887. The summed E-state index contributed by atoms with van der Waals surface area (Å²) in [6.07, 6.45) is 4.63. The molecule has 1 unspecified atom stereocenters. The molecular weight excluding hydrogens is 353 g/mol. The van der Waals surface area contributed by atoms with Gasteiger partial charge >= 0.3 is 7.05 Å². The van der Waals surface area contributed by atoms with Crippen LogP contribution in [0.1, 0.15) is 16.9 Å². The third-order valence-electron chi connectivity index (χ3n) is 5.04. The van der Waals surface area contributed by atoms with E-state index in [1.165, 1.54) is 10.4 Å². The fourth-order valence-corrected chi connectivity index (χ4v) is 4.33. The Morgan fingerprint density at radius 2 is 1.89 bits per heavy atom. The first-order chi connectivity index (χ1) is 13.3. The van der Waals surface area contributed by atoms with Gasteiger partial charge in [0.1, 0.15) is 0 Å². The van der Waals surface area contributed by atoms with Crippen molar-refractivity contribution in [3.63, 3.8) is 0 Å². The van der Waals surface area contributed by atoms with Crippen LogP contribution in [0.2, 0.25) is 0 Å². The Morgan fingerprint density at radius 1 is 1.15 bits per heavy atom. The van der Waals surface area contributed by atoms with Gasteiger partial charge in [0.25, 0.3) is 0 Å². The summed E-state index contributed by atoms with van der Waals surface area (Å²) in [6, 6.07) is 21.0. The molecule has 4 nitrogen and oxygen atoms in total. The normalized spacial score (nSPS) is 21.1. The van der Waals surface area contributed by atoms with Crippen molar-refractivity contribution in [1.82, 2.24) is 10.2 Å². The predicted molar refractivity (Wildman–Crippen MR) is 112 cm³/mol. The van der Waals surface area contributed by atoms with Crippen molar-refractivity contribution in [3.05, 3.63) is 82.8 Å². The monoisotopic (exact) mass is 377 g/mol. The highest BCUT2D eigenvalue weighted by Gasteiger charge is 2.36. The summed E-state index contributed by atoms with van der Waals surface area (Å²) in [7, 11) is -0.135. The van der Waals surface area contributed by atoms with Crippen molar-refractivity contribution in [2.24, 2.45) is 5.73 Å². The molecule has 1 aliphatic heterocycles. The number of hydrogen-bond donors (Lipinski definition) is 2. The second-order valence-corrected chi connectivity index (χ2v) is 8.06. The Kier molecular flexibility index (Phi) is 5.99. The maximum Gasteiger partial charge on any atom is 0.416 e. The zero-order valence-corrected chi connectivity index (χ0v) is 16.0. The van der Waals surface area contributed by atoms with Crippen LogP contribution in [0.5, 0.6) is 0 Å². The van der Waals surface area contributed by atoms with Crippen molar-refractivity contribution in [3.8, 4) is 0 Å². The van der Waals surface area contributed by atoms with Gasteiger partial charge in [-0.3, -0.25) is 4.98 Å². The number of nitrogens with zero attached hydrogens (tertiary/aromatic N) is 1. The third kappa shape index (κ3) is 4.84. The lowest BCUT2D eigenvalue weighted by molar-refractivity contribution is 0.122. The van der Waals surface area contributed by atoms with Gasteiger partial charge in [0, 0.05) is 23.2 Å². The lowest BCUT2D eigenvalue weighted by Gasteiger charge is -2.38. The smallest absolute Gasteiger partial charge is 0.413 e. The number of rotatable bonds is 6. The molecule has 6 heteroatoms. The van der Waals surface area contributed by atoms with Crippen molar-refractivity contribution < 1.29 is 4.65 Å². The number of nitrogens with two attached hydrogens (primary N) is 1. The Labute approximate surface area is 164 Å². The molecule has 1 aromatic heterocycles. The molecule has 0 saturated carbocycles. The summed E-state index contributed by atoms with van der Waals surface area (Å²) >= 11 is 1.70. The molecule has 0 spiro atoms. The maximum absolute atomic E-state index is 6.59. The average Bonchev–Trinajstić information content (AvgIpc) is 3.22. The van der Waals surface area contributed by atoms with Gasteiger partial charge in [0.05, 0.1) is 11.6 Å². The van der Waals surface area contributed by atoms with E-state index < -0.39 is 0 Å². The van der Waals surface area contributed by atoms with E-state index in [1.807, 2.05) is 36.0 Å². The number of benzene rings is 2. The van der Waals surface area contributed by atoms with Crippen LogP contribution in [0.4, 0.5) is 0 Å². The molecule has 1 aliphatic rings. The van der Waals surface area contributed by atoms with E-state index in [1.54, 1.807) is 11.3 Å². The minimum Gasteiger partial charge on any atom is -0.413 e. The SMILES string of the molecule is NC(Cc1ccccc1)[C@@H]1C[C@@H](Cc2cncs2)NB(c2ccccc2)O1. The first-order valence-electron chi connectivity index (χ1n) is 9.41. The van der Waals surface area contributed by atoms with Crippen LogP contribution in [0, 0.1) is 0 Å². The lowest BCUT2D eigenvalue weighted by Crippen LogP contribution is -2.62. The topological polar surface area (TPSA) is 60.2 Å². The van der Waals surface area contributed by atoms with E-state index in [0.29, 0.717) is 6.04 Å². The maximum atomic E-state index is 6.59. The Balaban J connectivity index is 1.50. The quantitative estimate of drug-likeness (QED) is 0.648. The molecule has 4 rings (SSSR count). The van der Waals surface area contributed by atoms with Gasteiger partial charge in [0.15, 0.2) is 0 Å². The Bertz CT molecular complexity index is 816. The summed E-state index contributed by atoms with van der Waals surface area (Å²) < 4.78 is 6.41. The van der Waals surface area contributed by atoms with E-state index in [-0.39, 0.29) is 19.2 Å². The molecule has 1 saturated heterocycles. The van der Waals surface area contributed by atoms with E-state index in [0.717, 1.165) is 24.7 Å². The summed E-state index contributed by atoms with van der Waals surface area (Å²) in [4.78, 5) is 5.50. The molecule has 2 aromatic carbocycles. The fourth-order valence-electron chi connectivity index (χ4n) is 3.66. The largest absolute Gasteiger partial charge is 0.416 e. The molecule has 3 atom stereocenters. The third-order valence-corrected chi connectivity index (χ3v) is 5.84. The van der Waals surface area contributed by atoms with Crippen molar-refractivity contribution in [1.29, 1.82) is 0 Å². The highest BCUT2D eigenvalue weighted by atomic mass is 32.1. The zero-order chi connectivity index (χ0) is 18.5. The van der Waals surface area contributed by atoms with Crippen LogP contribution in [0.3, 0.4) is 0 Å². The van der Waals surface area contributed by atoms with E-state index >= 15 is 0 Å². The van der Waals surface area contributed by atoms with Gasteiger partial charge in [-0.25, -0.2) is 0 Å². The van der Waals surface area contributed by atoms with Crippen molar-refractivity contribution in [2.75, 3.05) is 0 Å². The molecule has 0 bridgehead atoms.